The Bertz CT molecular complexity index is 742. The summed E-state index contributed by atoms with van der Waals surface area (Å²) in [5.74, 6) is -1.45. The lowest BCUT2D eigenvalue weighted by Crippen LogP contribution is -2.33. The molecule has 0 unspecified atom stereocenters. The summed E-state index contributed by atoms with van der Waals surface area (Å²) in [6.45, 7) is 1.24. The Morgan fingerprint density at radius 1 is 1.35 bits per heavy atom. The maximum absolute atomic E-state index is 12.1. The molecule has 1 aliphatic rings. The number of benzene rings is 1. The van der Waals surface area contributed by atoms with Crippen molar-refractivity contribution in [1.29, 1.82) is 0 Å². The van der Waals surface area contributed by atoms with E-state index < -0.39 is 23.5 Å². The first-order valence-electron chi connectivity index (χ1n) is 6.36. The number of ketones is 1. The van der Waals surface area contributed by atoms with Crippen molar-refractivity contribution in [2.45, 2.75) is 19.4 Å². The van der Waals surface area contributed by atoms with Crippen LogP contribution in [0.2, 0.25) is 0 Å². The Kier molecular flexibility index (Phi) is 2.82. The molecule has 3 rings (SSSR count). The Balaban J connectivity index is 1.93. The first-order chi connectivity index (χ1) is 9.58. The summed E-state index contributed by atoms with van der Waals surface area (Å²) >= 11 is 0. The lowest BCUT2D eigenvalue weighted by Gasteiger charge is -2.18. The zero-order valence-electron chi connectivity index (χ0n) is 10.9. The van der Waals surface area contributed by atoms with Crippen molar-refractivity contribution in [3.8, 4) is 0 Å². The lowest BCUT2D eigenvalue weighted by atomic mass is 10.0. The number of hydrogen-bond donors (Lipinski definition) is 2. The summed E-state index contributed by atoms with van der Waals surface area (Å²) in [6, 6.07) is 7.09. The van der Waals surface area contributed by atoms with Gasteiger partial charge in [0.15, 0.2) is 5.78 Å². The average Bonchev–Trinajstić information content (AvgIpc) is 2.93. The molecule has 1 amide bonds. The molecular weight excluding hydrogens is 256 g/mol. The number of para-hydroxylation sites is 1. The van der Waals surface area contributed by atoms with E-state index in [0.717, 1.165) is 16.5 Å². The van der Waals surface area contributed by atoms with Gasteiger partial charge in [-0.15, -0.1) is 0 Å². The van der Waals surface area contributed by atoms with Crippen LogP contribution < -0.4 is 10.4 Å². The number of aromatic nitrogens is 1. The van der Waals surface area contributed by atoms with E-state index in [1.54, 1.807) is 0 Å². The van der Waals surface area contributed by atoms with E-state index in [4.69, 9.17) is 0 Å². The zero-order chi connectivity index (χ0) is 14.3. The van der Waals surface area contributed by atoms with Crippen molar-refractivity contribution >= 4 is 22.6 Å². The smallest absolute Gasteiger partial charge is 0.254 e. The van der Waals surface area contributed by atoms with E-state index in [9.17, 15) is 14.7 Å². The van der Waals surface area contributed by atoms with Gasteiger partial charge in [0.25, 0.3) is 5.91 Å². The van der Waals surface area contributed by atoms with Crippen molar-refractivity contribution in [3.05, 3.63) is 47.4 Å². The molecule has 0 fully saturated rings. The number of Topliss-reactive ketones (excluding diaryl/α,β-unsaturated/α-hetero) is 1. The van der Waals surface area contributed by atoms with Gasteiger partial charge >= 0.3 is 0 Å². The standard InChI is InChI=1S/C15H14N2O3/c1-8(18)13-14(19)12(17-15(13)20)6-9-7-16-11-5-3-2-4-10(9)11/h2-5,7,12,16,19H,6H2,1H3,(H,17,20)/p-1/t12-/m0/s1. The van der Waals surface area contributed by atoms with Crippen LogP contribution in [-0.2, 0) is 16.0 Å². The van der Waals surface area contributed by atoms with Crippen LogP contribution in [0.4, 0.5) is 0 Å². The van der Waals surface area contributed by atoms with Gasteiger partial charge < -0.3 is 15.4 Å². The molecule has 5 heteroatoms. The van der Waals surface area contributed by atoms with Crippen LogP contribution in [0.15, 0.2) is 41.8 Å². The van der Waals surface area contributed by atoms with Crippen molar-refractivity contribution in [2.24, 2.45) is 0 Å². The second kappa shape index (κ2) is 4.52. The number of aromatic amines is 1. The first kappa shape index (κ1) is 12.5. The highest BCUT2D eigenvalue weighted by Gasteiger charge is 2.28. The van der Waals surface area contributed by atoms with Gasteiger partial charge in [0.05, 0.1) is 5.57 Å². The number of amides is 1. The van der Waals surface area contributed by atoms with Crippen molar-refractivity contribution in [2.75, 3.05) is 0 Å². The highest BCUT2D eigenvalue weighted by atomic mass is 16.3. The Labute approximate surface area is 115 Å². The maximum atomic E-state index is 12.1. The summed E-state index contributed by atoms with van der Waals surface area (Å²) in [6.07, 6.45) is 2.21. The van der Waals surface area contributed by atoms with Gasteiger partial charge in [-0.1, -0.05) is 24.0 Å². The summed E-state index contributed by atoms with van der Waals surface area (Å²) in [5.41, 5.74) is 1.69. The molecule has 1 atom stereocenters. The van der Waals surface area contributed by atoms with Crippen LogP contribution in [0.25, 0.3) is 10.9 Å². The number of H-pyrrole nitrogens is 1. The van der Waals surface area contributed by atoms with Crippen LogP contribution in [-0.4, -0.2) is 22.7 Å². The largest absolute Gasteiger partial charge is 0.873 e. The van der Waals surface area contributed by atoms with Gasteiger partial charge in [-0.2, -0.15) is 0 Å². The molecule has 0 spiro atoms. The van der Waals surface area contributed by atoms with E-state index in [0.29, 0.717) is 6.42 Å². The van der Waals surface area contributed by atoms with E-state index in [1.165, 1.54) is 6.92 Å². The van der Waals surface area contributed by atoms with Crippen LogP contribution >= 0.6 is 0 Å². The van der Waals surface area contributed by atoms with E-state index in [-0.39, 0.29) is 5.57 Å². The molecule has 0 aliphatic carbocycles. The van der Waals surface area contributed by atoms with Gasteiger partial charge in [-0.3, -0.25) is 9.59 Å². The number of hydrogen-bond acceptors (Lipinski definition) is 3. The normalized spacial score (nSPS) is 18.6. The Morgan fingerprint density at radius 2 is 2.10 bits per heavy atom. The molecule has 2 aromatic rings. The van der Waals surface area contributed by atoms with Crippen LogP contribution in [0.3, 0.4) is 0 Å². The summed E-state index contributed by atoms with van der Waals surface area (Å²) in [5, 5.41) is 15.7. The Hall–Kier alpha value is -2.56. The molecule has 0 saturated heterocycles. The van der Waals surface area contributed by atoms with Gasteiger partial charge in [-0.05, 0) is 25.0 Å². The molecule has 0 radical (unpaired) electrons. The minimum atomic E-state index is -0.652. The fraction of sp³-hybridized carbons (Fsp3) is 0.200. The van der Waals surface area contributed by atoms with Crippen LogP contribution in [0.1, 0.15) is 12.5 Å². The topological polar surface area (TPSA) is 85.0 Å². The van der Waals surface area contributed by atoms with E-state index in [1.807, 2.05) is 30.5 Å². The van der Waals surface area contributed by atoms with E-state index in [2.05, 4.69) is 10.3 Å². The highest BCUT2D eigenvalue weighted by molar-refractivity contribution is 6.20. The van der Waals surface area contributed by atoms with Crippen LogP contribution in [0, 0.1) is 0 Å². The fourth-order valence-electron chi connectivity index (χ4n) is 2.58. The minimum Gasteiger partial charge on any atom is -0.873 e. The molecule has 0 saturated carbocycles. The second-order valence-corrected chi connectivity index (χ2v) is 4.89. The van der Waals surface area contributed by atoms with Crippen molar-refractivity contribution < 1.29 is 14.7 Å². The predicted molar refractivity (Wildman–Crippen MR) is 71.6 cm³/mol. The van der Waals surface area contributed by atoms with Gasteiger partial charge in [0.2, 0.25) is 0 Å². The minimum absolute atomic E-state index is 0.241. The van der Waals surface area contributed by atoms with Gasteiger partial charge in [0.1, 0.15) is 0 Å². The molecule has 102 valence electrons. The molecule has 20 heavy (non-hydrogen) atoms. The third kappa shape index (κ3) is 1.87. The molecule has 2 heterocycles. The average molecular weight is 269 g/mol. The summed E-state index contributed by atoms with van der Waals surface area (Å²) < 4.78 is 0. The molecular formula is C15H13N2O3-. The number of carbonyl (C=O) groups excluding carboxylic acids is 2. The first-order valence-corrected chi connectivity index (χ1v) is 6.36. The fourth-order valence-corrected chi connectivity index (χ4v) is 2.58. The lowest BCUT2D eigenvalue weighted by molar-refractivity contribution is -0.309. The molecule has 0 bridgehead atoms. The van der Waals surface area contributed by atoms with E-state index >= 15 is 0 Å². The molecule has 1 aliphatic heterocycles. The third-order valence-corrected chi connectivity index (χ3v) is 3.55. The number of fused-ring (bicyclic) bond motifs is 1. The zero-order valence-corrected chi connectivity index (χ0v) is 10.9. The second-order valence-electron chi connectivity index (χ2n) is 4.89. The summed E-state index contributed by atoms with van der Waals surface area (Å²) in [7, 11) is 0. The highest BCUT2D eigenvalue weighted by Crippen LogP contribution is 2.23. The SMILES string of the molecule is CC(=O)C1=C([O-])[C@H](Cc2c[nH]c3ccccc23)NC1=O. The predicted octanol–water partition coefficient (Wildman–Crippen LogP) is 0.412. The third-order valence-electron chi connectivity index (χ3n) is 3.55. The molecule has 1 aromatic carbocycles. The number of rotatable bonds is 3. The number of carbonyl (C=O) groups is 2. The van der Waals surface area contributed by atoms with Crippen LogP contribution in [0.5, 0.6) is 0 Å². The number of nitrogens with one attached hydrogen (secondary N) is 2. The molecule has 2 N–H and O–H groups in total. The maximum Gasteiger partial charge on any atom is 0.254 e. The van der Waals surface area contributed by atoms with Gasteiger partial charge in [0, 0.05) is 23.1 Å². The van der Waals surface area contributed by atoms with Crippen molar-refractivity contribution in [3.63, 3.8) is 0 Å². The quantitative estimate of drug-likeness (QED) is 0.791. The monoisotopic (exact) mass is 269 g/mol. The molecule has 5 nitrogen and oxygen atoms in total. The van der Waals surface area contributed by atoms with Crippen molar-refractivity contribution in [1.82, 2.24) is 10.3 Å². The van der Waals surface area contributed by atoms with Gasteiger partial charge in [-0.25, -0.2) is 0 Å². The molecule has 1 aromatic heterocycles. The summed E-state index contributed by atoms with van der Waals surface area (Å²) in [4.78, 5) is 26.1. The Morgan fingerprint density at radius 3 is 2.80 bits per heavy atom.